The Hall–Kier alpha value is -1.60. The van der Waals surface area contributed by atoms with E-state index in [1.165, 1.54) is 0 Å². The topological polar surface area (TPSA) is 78.5 Å². The molecule has 0 aromatic heterocycles. The Morgan fingerprint density at radius 2 is 1.91 bits per heavy atom. The van der Waals surface area contributed by atoms with Gasteiger partial charge < -0.3 is 10.2 Å². The van der Waals surface area contributed by atoms with Crippen molar-refractivity contribution >= 4 is 21.7 Å². The van der Waals surface area contributed by atoms with Gasteiger partial charge in [-0.15, -0.1) is 0 Å². The molecule has 0 spiro atoms. The highest BCUT2D eigenvalue weighted by atomic mass is 32.2. The number of carbonyl (C=O) groups excluding carboxylic acids is 1. The first-order valence-corrected chi connectivity index (χ1v) is 9.76. The number of sulfonamides is 1. The molecule has 0 saturated carbocycles. The lowest BCUT2D eigenvalue weighted by Crippen LogP contribution is -2.47. The average molecular weight is 339 g/mol. The molecule has 1 aliphatic rings. The van der Waals surface area contributed by atoms with Crippen molar-refractivity contribution in [1.29, 1.82) is 0 Å². The van der Waals surface area contributed by atoms with E-state index in [9.17, 15) is 13.2 Å². The minimum atomic E-state index is -3.20. The lowest BCUT2D eigenvalue weighted by atomic mass is 9.92. The van der Waals surface area contributed by atoms with Gasteiger partial charge in [0.05, 0.1) is 6.26 Å². The first kappa shape index (κ1) is 17.7. The van der Waals surface area contributed by atoms with Crippen molar-refractivity contribution in [3.05, 3.63) is 29.8 Å². The fourth-order valence-electron chi connectivity index (χ4n) is 2.74. The van der Waals surface area contributed by atoms with E-state index in [4.69, 9.17) is 0 Å². The van der Waals surface area contributed by atoms with Crippen LogP contribution < -0.4 is 10.0 Å². The van der Waals surface area contributed by atoms with Crippen molar-refractivity contribution in [2.45, 2.75) is 39.3 Å². The number of likely N-dealkylation sites (tertiary alicyclic amines) is 1. The second-order valence-electron chi connectivity index (χ2n) is 6.27. The summed E-state index contributed by atoms with van der Waals surface area (Å²) in [5, 5.41) is 2.91. The molecule has 2 N–H and O–H groups in total. The van der Waals surface area contributed by atoms with E-state index in [-0.39, 0.29) is 18.6 Å². The zero-order chi connectivity index (χ0) is 17.0. The second kappa shape index (κ2) is 7.31. The summed E-state index contributed by atoms with van der Waals surface area (Å²) in [7, 11) is -3.20. The van der Waals surface area contributed by atoms with E-state index in [0.717, 1.165) is 31.2 Å². The van der Waals surface area contributed by atoms with Crippen LogP contribution in [0.1, 0.15) is 32.3 Å². The summed E-state index contributed by atoms with van der Waals surface area (Å²) in [6.07, 6.45) is 3.32. The van der Waals surface area contributed by atoms with Crippen LogP contribution in [0.25, 0.3) is 0 Å². The van der Waals surface area contributed by atoms with Crippen LogP contribution in [0.15, 0.2) is 24.3 Å². The van der Waals surface area contributed by atoms with Crippen molar-refractivity contribution in [2.24, 2.45) is 5.92 Å². The van der Waals surface area contributed by atoms with Gasteiger partial charge in [-0.25, -0.2) is 17.9 Å². The molecule has 2 rings (SSSR count). The van der Waals surface area contributed by atoms with E-state index in [2.05, 4.69) is 23.9 Å². The summed E-state index contributed by atoms with van der Waals surface area (Å²) >= 11 is 0. The van der Waals surface area contributed by atoms with Crippen LogP contribution in [0.4, 0.5) is 10.5 Å². The number of piperidine rings is 1. The second-order valence-corrected chi connectivity index (χ2v) is 8.11. The van der Waals surface area contributed by atoms with Gasteiger partial charge in [-0.2, -0.15) is 0 Å². The van der Waals surface area contributed by atoms with E-state index < -0.39 is 10.0 Å². The maximum Gasteiger partial charge on any atom is 0.322 e. The normalized spacial score (nSPS) is 22.0. The van der Waals surface area contributed by atoms with Crippen LogP contribution in [0, 0.1) is 5.92 Å². The summed E-state index contributed by atoms with van der Waals surface area (Å²) in [4.78, 5) is 14.3. The molecule has 2 atom stereocenters. The maximum atomic E-state index is 12.4. The van der Waals surface area contributed by atoms with Crippen LogP contribution in [-0.2, 0) is 16.6 Å². The Bertz CT molecular complexity index is 643. The van der Waals surface area contributed by atoms with Gasteiger partial charge in [0.1, 0.15) is 0 Å². The smallest absolute Gasteiger partial charge is 0.322 e. The highest BCUT2D eigenvalue weighted by Gasteiger charge is 2.28. The van der Waals surface area contributed by atoms with Gasteiger partial charge in [0.2, 0.25) is 10.0 Å². The van der Waals surface area contributed by atoms with Gasteiger partial charge >= 0.3 is 6.03 Å². The van der Waals surface area contributed by atoms with Gasteiger partial charge in [0.15, 0.2) is 0 Å². The molecule has 0 aliphatic carbocycles. The zero-order valence-corrected chi connectivity index (χ0v) is 14.7. The number of nitrogens with one attached hydrogen (secondary N) is 2. The zero-order valence-electron chi connectivity index (χ0n) is 13.9. The predicted octanol–water partition coefficient (Wildman–Crippen LogP) is 2.39. The van der Waals surface area contributed by atoms with Crippen LogP contribution >= 0.6 is 0 Å². The van der Waals surface area contributed by atoms with Crippen molar-refractivity contribution in [3.63, 3.8) is 0 Å². The number of carbonyl (C=O) groups is 1. The van der Waals surface area contributed by atoms with E-state index in [1.807, 2.05) is 4.90 Å². The average Bonchev–Trinajstić information content (AvgIpc) is 2.48. The maximum absolute atomic E-state index is 12.4. The Labute approximate surface area is 138 Å². The summed E-state index contributed by atoms with van der Waals surface area (Å²) in [6, 6.07) is 7.34. The van der Waals surface area contributed by atoms with Crippen molar-refractivity contribution < 1.29 is 13.2 Å². The predicted molar refractivity (Wildman–Crippen MR) is 91.7 cm³/mol. The molecule has 0 radical (unpaired) electrons. The minimum absolute atomic E-state index is 0.0777. The van der Waals surface area contributed by atoms with Gasteiger partial charge in [0.25, 0.3) is 0 Å². The summed E-state index contributed by atoms with van der Waals surface area (Å²) in [6.45, 7) is 5.29. The molecule has 1 fully saturated rings. The highest BCUT2D eigenvalue weighted by Crippen LogP contribution is 2.23. The van der Waals surface area contributed by atoms with Crippen LogP contribution in [-0.4, -0.2) is 38.2 Å². The third-order valence-electron chi connectivity index (χ3n) is 4.38. The Kier molecular flexibility index (Phi) is 5.64. The molecule has 1 aromatic rings. The van der Waals surface area contributed by atoms with Gasteiger partial charge in [-0.1, -0.05) is 19.1 Å². The van der Waals surface area contributed by atoms with Gasteiger partial charge in [-0.3, -0.25) is 0 Å². The molecule has 0 unspecified atom stereocenters. The number of nitrogens with zero attached hydrogens (tertiary/aromatic N) is 1. The number of urea groups is 1. The molecule has 1 heterocycles. The number of rotatable bonds is 4. The van der Waals surface area contributed by atoms with Crippen LogP contribution in [0.5, 0.6) is 0 Å². The summed E-state index contributed by atoms with van der Waals surface area (Å²) < 4.78 is 24.6. The van der Waals surface area contributed by atoms with Crippen molar-refractivity contribution in [2.75, 3.05) is 18.1 Å². The first-order valence-electron chi connectivity index (χ1n) is 7.87. The molecule has 1 aliphatic heterocycles. The highest BCUT2D eigenvalue weighted by molar-refractivity contribution is 7.88. The van der Waals surface area contributed by atoms with Gasteiger partial charge in [-0.05, 0) is 43.4 Å². The molecular weight excluding hydrogens is 314 g/mol. The summed E-state index contributed by atoms with van der Waals surface area (Å²) in [5.74, 6) is 0.513. The molecule has 128 valence electrons. The molecule has 23 heavy (non-hydrogen) atoms. The lowest BCUT2D eigenvalue weighted by Gasteiger charge is -2.37. The fraction of sp³-hybridized carbons (Fsp3) is 0.562. The van der Waals surface area contributed by atoms with Crippen molar-refractivity contribution in [3.8, 4) is 0 Å². The van der Waals surface area contributed by atoms with E-state index >= 15 is 0 Å². The molecule has 6 nitrogen and oxygen atoms in total. The van der Waals surface area contributed by atoms with Crippen LogP contribution in [0.3, 0.4) is 0 Å². The standard InChI is InChI=1S/C16H25N3O3S/c1-12-5-4-10-19(13(12)2)16(20)18-15-8-6-14(7-9-15)11-17-23(3,21)22/h6-9,12-13,17H,4-5,10-11H2,1-3H3,(H,18,20)/t12-,13+/m0/s1. The minimum Gasteiger partial charge on any atom is -0.322 e. The number of anilines is 1. The quantitative estimate of drug-likeness (QED) is 0.884. The molecule has 2 amide bonds. The van der Waals surface area contributed by atoms with Crippen LogP contribution in [0.2, 0.25) is 0 Å². The SMILES string of the molecule is C[C@@H]1[C@@H](C)CCCN1C(=O)Nc1ccc(CNS(C)(=O)=O)cc1. The first-order chi connectivity index (χ1) is 10.8. The number of benzene rings is 1. The Morgan fingerprint density at radius 3 is 2.52 bits per heavy atom. The van der Waals surface area contributed by atoms with Gasteiger partial charge in [0, 0.05) is 24.8 Å². The number of hydrogen-bond acceptors (Lipinski definition) is 3. The molecule has 1 aromatic carbocycles. The number of amides is 2. The molecule has 7 heteroatoms. The molecule has 1 saturated heterocycles. The van der Waals surface area contributed by atoms with E-state index in [1.54, 1.807) is 24.3 Å². The Balaban J connectivity index is 1.94. The lowest BCUT2D eigenvalue weighted by molar-refractivity contribution is 0.139. The third kappa shape index (κ3) is 5.21. The molecule has 0 bridgehead atoms. The fourth-order valence-corrected chi connectivity index (χ4v) is 3.17. The third-order valence-corrected chi connectivity index (χ3v) is 5.05. The monoisotopic (exact) mass is 339 g/mol. The Morgan fingerprint density at radius 1 is 1.26 bits per heavy atom. The van der Waals surface area contributed by atoms with Crippen molar-refractivity contribution in [1.82, 2.24) is 9.62 Å². The summed E-state index contributed by atoms with van der Waals surface area (Å²) in [5.41, 5.74) is 1.55. The molecular formula is C16H25N3O3S. The van der Waals surface area contributed by atoms with E-state index in [0.29, 0.717) is 11.6 Å². The largest absolute Gasteiger partial charge is 0.322 e. The number of hydrogen-bond donors (Lipinski definition) is 2.